The molecule has 4 nitrogen and oxygen atoms in total. The lowest BCUT2D eigenvalue weighted by Gasteiger charge is -2.35. The lowest BCUT2D eigenvalue weighted by molar-refractivity contribution is -0.128. The third-order valence-electron chi connectivity index (χ3n) is 4.31. The molecular weight excluding hydrogens is 216 g/mol. The highest BCUT2D eigenvalue weighted by molar-refractivity contribution is 5.78. The lowest BCUT2D eigenvalue weighted by atomic mass is 9.84. The molecule has 1 saturated heterocycles. The Morgan fingerprint density at radius 3 is 2.59 bits per heavy atom. The van der Waals surface area contributed by atoms with Crippen LogP contribution >= 0.6 is 0 Å². The van der Waals surface area contributed by atoms with E-state index in [1.165, 1.54) is 6.42 Å². The summed E-state index contributed by atoms with van der Waals surface area (Å²) in [6, 6.07) is 0. The number of rotatable bonds is 4. The van der Waals surface area contributed by atoms with Gasteiger partial charge in [0.05, 0.1) is 5.60 Å². The fourth-order valence-corrected chi connectivity index (χ4v) is 2.68. The minimum Gasteiger partial charge on any atom is -0.388 e. The Bertz CT molecular complexity index is 271. The van der Waals surface area contributed by atoms with E-state index in [1.54, 1.807) is 0 Å². The molecular formula is C13H24N2O2. The van der Waals surface area contributed by atoms with E-state index in [4.69, 9.17) is 0 Å². The minimum atomic E-state index is -0.647. The van der Waals surface area contributed by atoms with Gasteiger partial charge in [-0.05, 0) is 31.8 Å². The van der Waals surface area contributed by atoms with Gasteiger partial charge in [-0.2, -0.15) is 0 Å². The van der Waals surface area contributed by atoms with Crippen molar-refractivity contribution < 1.29 is 9.90 Å². The molecule has 1 atom stereocenters. The topological polar surface area (TPSA) is 61.4 Å². The molecule has 98 valence electrons. The van der Waals surface area contributed by atoms with Gasteiger partial charge in [0.25, 0.3) is 0 Å². The summed E-state index contributed by atoms with van der Waals surface area (Å²) in [5.74, 6) is 0.620. The van der Waals surface area contributed by atoms with Crippen molar-refractivity contribution in [3.8, 4) is 0 Å². The SMILES string of the molecule is CC(C(=O)NCC1(O)CCCCC1)C1CNC1. The van der Waals surface area contributed by atoms with Crippen LogP contribution in [0.1, 0.15) is 39.0 Å². The molecule has 0 aromatic rings. The van der Waals surface area contributed by atoms with E-state index in [9.17, 15) is 9.90 Å². The average Bonchev–Trinajstić information content (AvgIpc) is 2.24. The van der Waals surface area contributed by atoms with Gasteiger partial charge in [-0.3, -0.25) is 4.79 Å². The molecule has 1 aliphatic heterocycles. The predicted molar refractivity (Wildman–Crippen MR) is 66.6 cm³/mol. The summed E-state index contributed by atoms with van der Waals surface area (Å²) in [7, 11) is 0. The molecule has 1 unspecified atom stereocenters. The smallest absolute Gasteiger partial charge is 0.223 e. The van der Waals surface area contributed by atoms with Crippen LogP contribution in [0.15, 0.2) is 0 Å². The summed E-state index contributed by atoms with van der Waals surface area (Å²) in [6.07, 6.45) is 5.02. The Morgan fingerprint density at radius 2 is 2.06 bits per heavy atom. The second-order valence-electron chi connectivity index (χ2n) is 5.71. The molecule has 0 bridgehead atoms. The first-order valence-electron chi connectivity index (χ1n) is 6.81. The van der Waals surface area contributed by atoms with E-state index in [0.29, 0.717) is 12.5 Å². The van der Waals surface area contributed by atoms with Crippen molar-refractivity contribution in [3.63, 3.8) is 0 Å². The number of hydrogen-bond donors (Lipinski definition) is 3. The quantitative estimate of drug-likeness (QED) is 0.676. The van der Waals surface area contributed by atoms with E-state index in [-0.39, 0.29) is 11.8 Å². The first-order chi connectivity index (χ1) is 8.11. The number of amides is 1. The molecule has 1 heterocycles. The first kappa shape index (κ1) is 12.8. The Hall–Kier alpha value is -0.610. The average molecular weight is 240 g/mol. The number of aliphatic hydroxyl groups is 1. The zero-order valence-electron chi connectivity index (χ0n) is 10.7. The van der Waals surface area contributed by atoms with Crippen LogP contribution in [0.3, 0.4) is 0 Å². The van der Waals surface area contributed by atoms with Gasteiger partial charge in [0.1, 0.15) is 0 Å². The van der Waals surface area contributed by atoms with Crippen LogP contribution in [0.4, 0.5) is 0 Å². The molecule has 2 aliphatic rings. The van der Waals surface area contributed by atoms with Gasteiger partial charge in [0.15, 0.2) is 0 Å². The van der Waals surface area contributed by atoms with Gasteiger partial charge in [-0.1, -0.05) is 26.2 Å². The molecule has 0 aromatic carbocycles. The first-order valence-corrected chi connectivity index (χ1v) is 6.81. The van der Waals surface area contributed by atoms with Crippen molar-refractivity contribution in [2.75, 3.05) is 19.6 Å². The van der Waals surface area contributed by atoms with Crippen LogP contribution in [0.5, 0.6) is 0 Å². The van der Waals surface area contributed by atoms with Crippen LogP contribution in [0.2, 0.25) is 0 Å². The van der Waals surface area contributed by atoms with Crippen molar-refractivity contribution in [1.82, 2.24) is 10.6 Å². The van der Waals surface area contributed by atoms with Gasteiger partial charge < -0.3 is 15.7 Å². The van der Waals surface area contributed by atoms with Gasteiger partial charge in [0.2, 0.25) is 5.91 Å². The summed E-state index contributed by atoms with van der Waals surface area (Å²) in [5, 5.41) is 16.4. The van der Waals surface area contributed by atoms with Crippen LogP contribution in [0, 0.1) is 11.8 Å². The fraction of sp³-hybridized carbons (Fsp3) is 0.923. The molecule has 0 radical (unpaired) electrons. The van der Waals surface area contributed by atoms with E-state index >= 15 is 0 Å². The Balaban J connectivity index is 1.74. The zero-order chi connectivity index (χ0) is 12.3. The molecule has 0 spiro atoms. The second kappa shape index (κ2) is 5.36. The predicted octanol–water partition coefficient (Wildman–Crippen LogP) is 0.653. The van der Waals surface area contributed by atoms with Crippen LogP contribution < -0.4 is 10.6 Å². The third-order valence-corrected chi connectivity index (χ3v) is 4.31. The molecule has 1 saturated carbocycles. The zero-order valence-corrected chi connectivity index (χ0v) is 10.7. The highest BCUT2D eigenvalue weighted by Gasteiger charge is 2.32. The lowest BCUT2D eigenvalue weighted by Crippen LogP contribution is -2.52. The number of carbonyl (C=O) groups is 1. The van der Waals surface area contributed by atoms with Crippen LogP contribution in [0.25, 0.3) is 0 Å². The maximum Gasteiger partial charge on any atom is 0.223 e. The van der Waals surface area contributed by atoms with Crippen molar-refractivity contribution in [2.24, 2.45) is 11.8 Å². The van der Waals surface area contributed by atoms with Crippen molar-refractivity contribution in [3.05, 3.63) is 0 Å². The summed E-state index contributed by atoms with van der Waals surface area (Å²) in [6.45, 7) is 4.29. The number of hydrogen-bond acceptors (Lipinski definition) is 3. The Labute approximate surface area is 103 Å². The van der Waals surface area contributed by atoms with Crippen molar-refractivity contribution in [2.45, 2.75) is 44.6 Å². The van der Waals surface area contributed by atoms with E-state index in [1.807, 2.05) is 6.92 Å². The highest BCUT2D eigenvalue weighted by Crippen LogP contribution is 2.27. The minimum absolute atomic E-state index is 0.0587. The van der Waals surface area contributed by atoms with Gasteiger partial charge in [-0.15, -0.1) is 0 Å². The number of carbonyl (C=O) groups excluding carboxylic acids is 1. The largest absolute Gasteiger partial charge is 0.388 e. The normalized spacial score (nSPS) is 26.0. The highest BCUT2D eigenvalue weighted by atomic mass is 16.3. The van der Waals surface area contributed by atoms with E-state index < -0.39 is 5.60 Å². The summed E-state index contributed by atoms with van der Waals surface area (Å²) in [4.78, 5) is 11.9. The molecule has 1 aliphatic carbocycles. The standard InChI is InChI=1S/C13H24N2O2/c1-10(11-7-14-8-11)12(16)15-9-13(17)5-3-2-4-6-13/h10-11,14,17H,2-9H2,1H3,(H,15,16). The third kappa shape index (κ3) is 3.19. The summed E-state index contributed by atoms with van der Waals surface area (Å²) < 4.78 is 0. The number of nitrogens with one attached hydrogen (secondary N) is 2. The second-order valence-corrected chi connectivity index (χ2v) is 5.71. The fourth-order valence-electron chi connectivity index (χ4n) is 2.68. The van der Waals surface area contributed by atoms with E-state index in [0.717, 1.165) is 38.8 Å². The summed E-state index contributed by atoms with van der Waals surface area (Å²) in [5.41, 5.74) is -0.647. The molecule has 4 heteroatoms. The van der Waals surface area contributed by atoms with Crippen molar-refractivity contribution in [1.29, 1.82) is 0 Å². The van der Waals surface area contributed by atoms with Gasteiger partial charge in [-0.25, -0.2) is 0 Å². The Morgan fingerprint density at radius 1 is 1.41 bits per heavy atom. The maximum absolute atomic E-state index is 11.9. The molecule has 2 rings (SSSR count). The molecule has 0 aromatic heterocycles. The maximum atomic E-state index is 11.9. The monoisotopic (exact) mass is 240 g/mol. The molecule has 2 fully saturated rings. The van der Waals surface area contributed by atoms with Gasteiger partial charge >= 0.3 is 0 Å². The van der Waals surface area contributed by atoms with Crippen LogP contribution in [-0.2, 0) is 4.79 Å². The van der Waals surface area contributed by atoms with Crippen molar-refractivity contribution >= 4 is 5.91 Å². The van der Waals surface area contributed by atoms with E-state index in [2.05, 4.69) is 10.6 Å². The van der Waals surface area contributed by atoms with Crippen LogP contribution in [-0.4, -0.2) is 36.2 Å². The molecule has 3 N–H and O–H groups in total. The molecule has 17 heavy (non-hydrogen) atoms. The summed E-state index contributed by atoms with van der Waals surface area (Å²) >= 11 is 0. The van der Waals surface area contributed by atoms with Gasteiger partial charge in [0, 0.05) is 12.5 Å². The molecule has 1 amide bonds. The Kier molecular flexibility index (Phi) is 4.05.